The first kappa shape index (κ1) is 11.9. The van der Waals surface area contributed by atoms with Crippen molar-refractivity contribution in [2.45, 2.75) is 50.6 Å². The van der Waals surface area contributed by atoms with Crippen molar-refractivity contribution in [2.75, 3.05) is 0 Å². The van der Waals surface area contributed by atoms with Crippen LogP contribution in [0.15, 0.2) is 24.3 Å². The van der Waals surface area contributed by atoms with Crippen molar-refractivity contribution in [2.24, 2.45) is 0 Å². The van der Waals surface area contributed by atoms with Gasteiger partial charge < -0.3 is 9.47 Å². The molecule has 2 fully saturated rings. The molecule has 2 unspecified atom stereocenters. The maximum Gasteiger partial charge on any atom is 0.169 e. The Labute approximate surface area is 116 Å². The molecule has 1 heterocycles. The Morgan fingerprint density at radius 3 is 2.59 bits per heavy atom. The molecule has 1 aromatic rings. The van der Waals surface area contributed by atoms with E-state index in [-0.39, 0.29) is 18.0 Å². The molecule has 2 aliphatic rings. The molecule has 1 spiro atoms. The molecule has 0 N–H and O–H groups in total. The first-order chi connectivity index (χ1) is 8.20. The molecule has 1 aliphatic carbocycles. The van der Waals surface area contributed by atoms with Crippen molar-refractivity contribution in [3.63, 3.8) is 0 Å². The van der Waals surface area contributed by atoms with E-state index >= 15 is 0 Å². The summed E-state index contributed by atoms with van der Waals surface area (Å²) in [6.45, 7) is 2.13. The van der Waals surface area contributed by atoms with E-state index in [0.29, 0.717) is 0 Å². The number of halogens is 1. The van der Waals surface area contributed by atoms with Gasteiger partial charge in [0.1, 0.15) is 6.10 Å². The third-order valence-electron chi connectivity index (χ3n) is 3.75. The van der Waals surface area contributed by atoms with E-state index < -0.39 is 0 Å². The molecule has 0 aromatic heterocycles. The van der Waals surface area contributed by atoms with Gasteiger partial charge in [-0.05, 0) is 54.0 Å². The molecule has 2 nitrogen and oxygen atoms in total. The molecule has 1 aromatic carbocycles. The Morgan fingerprint density at radius 1 is 1.18 bits per heavy atom. The van der Waals surface area contributed by atoms with Crippen molar-refractivity contribution in [1.82, 2.24) is 0 Å². The van der Waals surface area contributed by atoms with Crippen LogP contribution in [0, 0.1) is 3.57 Å². The smallest absolute Gasteiger partial charge is 0.169 e. The maximum atomic E-state index is 6.26. The average molecular weight is 344 g/mol. The largest absolute Gasteiger partial charge is 0.344 e. The number of hydrogen-bond acceptors (Lipinski definition) is 2. The summed E-state index contributed by atoms with van der Waals surface area (Å²) in [4.78, 5) is 0. The summed E-state index contributed by atoms with van der Waals surface area (Å²) < 4.78 is 13.6. The number of rotatable bonds is 1. The molecule has 1 saturated heterocycles. The summed E-state index contributed by atoms with van der Waals surface area (Å²) in [5, 5.41) is 0. The van der Waals surface area contributed by atoms with Crippen LogP contribution in [0.2, 0.25) is 0 Å². The molecular formula is C14H17IO2. The van der Waals surface area contributed by atoms with E-state index in [2.05, 4.69) is 53.8 Å². The first-order valence-corrected chi connectivity index (χ1v) is 7.38. The zero-order chi connectivity index (χ0) is 11.9. The van der Waals surface area contributed by atoms with Crippen molar-refractivity contribution in [3.05, 3.63) is 33.4 Å². The predicted molar refractivity (Wildman–Crippen MR) is 74.7 cm³/mol. The molecule has 3 rings (SSSR count). The van der Waals surface area contributed by atoms with Gasteiger partial charge in [0.25, 0.3) is 0 Å². The third kappa shape index (κ3) is 2.13. The van der Waals surface area contributed by atoms with Gasteiger partial charge in [-0.2, -0.15) is 0 Å². The summed E-state index contributed by atoms with van der Waals surface area (Å²) in [6.07, 6.45) is 4.82. The van der Waals surface area contributed by atoms with E-state index in [4.69, 9.17) is 9.47 Å². The molecule has 1 saturated carbocycles. The second-order valence-electron chi connectivity index (χ2n) is 5.00. The van der Waals surface area contributed by atoms with E-state index in [9.17, 15) is 0 Å². The van der Waals surface area contributed by atoms with Gasteiger partial charge in [-0.15, -0.1) is 0 Å². The van der Waals surface area contributed by atoms with Gasteiger partial charge in [0, 0.05) is 16.4 Å². The summed E-state index contributed by atoms with van der Waals surface area (Å²) >= 11 is 2.38. The zero-order valence-corrected chi connectivity index (χ0v) is 12.1. The van der Waals surface area contributed by atoms with Crippen LogP contribution in [0.4, 0.5) is 0 Å². The highest BCUT2D eigenvalue weighted by Gasteiger charge is 2.48. The highest BCUT2D eigenvalue weighted by atomic mass is 127. The normalized spacial score (nSPS) is 31.2. The van der Waals surface area contributed by atoms with Crippen LogP contribution in [0.5, 0.6) is 0 Å². The molecule has 3 heteroatoms. The third-order valence-corrected chi connectivity index (χ3v) is 4.73. The van der Waals surface area contributed by atoms with Gasteiger partial charge in [0.2, 0.25) is 0 Å². The Morgan fingerprint density at radius 2 is 1.88 bits per heavy atom. The molecule has 0 bridgehead atoms. The van der Waals surface area contributed by atoms with Crippen LogP contribution in [0.25, 0.3) is 0 Å². The lowest BCUT2D eigenvalue weighted by Crippen LogP contribution is -2.26. The number of hydrogen-bond donors (Lipinski definition) is 0. The predicted octanol–water partition coefficient (Wildman–Crippen LogP) is 4.04. The highest BCUT2D eigenvalue weighted by Crippen LogP contribution is 2.47. The average Bonchev–Trinajstić information content (AvgIpc) is 2.88. The van der Waals surface area contributed by atoms with Crippen LogP contribution < -0.4 is 0 Å². The van der Waals surface area contributed by atoms with Crippen LogP contribution in [0.3, 0.4) is 0 Å². The quantitative estimate of drug-likeness (QED) is 0.716. The Kier molecular flexibility index (Phi) is 3.17. The summed E-state index contributed by atoms with van der Waals surface area (Å²) in [6, 6.07) is 8.43. The molecule has 0 amide bonds. The summed E-state index contributed by atoms with van der Waals surface area (Å²) in [7, 11) is 0. The van der Waals surface area contributed by atoms with Crippen LogP contribution in [-0.2, 0) is 9.47 Å². The molecule has 0 radical (unpaired) electrons. The van der Waals surface area contributed by atoms with Crippen LogP contribution in [-0.4, -0.2) is 11.9 Å². The van der Waals surface area contributed by atoms with E-state index in [0.717, 1.165) is 12.8 Å². The van der Waals surface area contributed by atoms with E-state index in [1.54, 1.807) is 0 Å². The van der Waals surface area contributed by atoms with Crippen LogP contribution >= 0.6 is 22.6 Å². The summed E-state index contributed by atoms with van der Waals surface area (Å²) in [5.41, 5.74) is 1.27. The topological polar surface area (TPSA) is 18.5 Å². The van der Waals surface area contributed by atoms with Crippen molar-refractivity contribution < 1.29 is 9.47 Å². The second kappa shape index (κ2) is 4.52. The van der Waals surface area contributed by atoms with Gasteiger partial charge in [-0.1, -0.05) is 18.2 Å². The minimum absolute atomic E-state index is 0.0983. The van der Waals surface area contributed by atoms with Gasteiger partial charge in [0.05, 0.1) is 6.10 Å². The van der Waals surface area contributed by atoms with Gasteiger partial charge in [-0.3, -0.25) is 0 Å². The lowest BCUT2D eigenvalue weighted by atomic mass is 10.1. The van der Waals surface area contributed by atoms with Crippen LogP contribution in [0.1, 0.15) is 44.3 Å². The standard InChI is InChI=1S/C14H17IO2/c1-10-13(11-6-2-3-7-12(11)15)17-14(16-10)8-4-5-9-14/h2-3,6-7,10,13H,4-5,8-9H2,1H3. The molecule has 2 atom stereocenters. The first-order valence-electron chi connectivity index (χ1n) is 6.30. The minimum Gasteiger partial charge on any atom is -0.344 e. The fraction of sp³-hybridized carbons (Fsp3) is 0.571. The molecule has 1 aliphatic heterocycles. The monoisotopic (exact) mass is 344 g/mol. The lowest BCUT2D eigenvalue weighted by molar-refractivity contribution is -0.168. The number of benzene rings is 1. The fourth-order valence-corrected chi connectivity index (χ4v) is 3.62. The second-order valence-corrected chi connectivity index (χ2v) is 6.16. The SMILES string of the molecule is CC1OC2(CCCC2)OC1c1ccccc1I. The van der Waals surface area contributed by atoms with Crippen molar-refractivity contribution in [3.8, 4) is 0 Å². The van der Waals surface area contributed by atoms with E-state index in [1.165, 1.54) is 22.0 Å². The highest BCUT2D eigenvalue weighted by molar-refractivity contribution is 14.1. The van der Waals surface area contributed by atoms with Crippen molar-refractivity contribution in [1.29, 1.82) is 0 Å². The maximum absolute atomic E-state index is 6.26. The lowest BCUT2D eigenvalue weighted by Gasteiger charge is -2.22. The molecular weight excluding hydrogens is 327 g/mol. The summed E-state index contributed by atoms with van der Waals surface area (Å²) in [5.74, 6) is -0.275. The van der Waals surface area contributed by atoms with Gasteiger partial charge in [0.15, 0.2) is 5.79 Å². The Hall–Kier alpha value is -0.130. The van der Waals surface area contributed by atoms with Crippen molar-refractivity contribution >= 4 is 22.6 Å². The minimum atomic E-state index is -0.275. The van der Waals surface area contributed by atoms with E-state index in [1.807, 2.05) is 0 Å². The van der Waals surface area contributed by atoms with Gasteiger partial charge >= 0.3 is 0 Å². The Bertz CT molecular complexity index is 412. The molecule has 92 valence electrons. The van der Waals surface area contributed by atoms with Gasteiger partial charge in [-0.25, -0.2) is 0 Å². The number of ether oxygens (including phenoxy) is 2. The Balaban J connectivity index is 1.87. The molecule has 17 heavy (non-hydrogen) atoms. The fourth-order valence-electron chi connectivity index (χ4n) is 2.93. The zero-order valence-electron chi connectivity index (χ0n) is 9.99.